The zero-order chi connectivity index (χ0) is 28.1. The Balaban J connectivity index is 2.45. The van der Waals surface area contributed by atoms with Gasteiger partial charge in [0.1, 0.15) is 0 Å². The van der Waals surface area contributed by atoms with Gasteiger partial charge < -0.3 is 0 Å². The van der Waals surface area contributed by atoms with Crippen molar-refractivity contribution < 1.29 is 52.7 Å². The van der Waals surface area contributed by atoms with Crippen LogP contribution in [0.2, 0.25) is 0 Å². The van der Waals surface area contributed by atoms with Crippen LogP contribution in [0, 0.1) is 13.8 Å². The van der Waals surface area contributed by atoms with Gasteiger partial charge in [0.15, 0.2) is 0 Å². The second-order valence-corrected chi connectivity index (χ2v) is 8.53. The summed E-state index contributed by atoms with van der Waals surface area (Å²) in [4.78, 5) is 0. The van der Waals surface area contributed by atoms with Gasteiger partial charge in [-0.3, -0.25) is 0 Å². The van der Waals surface area contributed by atoms with Crippen molar-refractivity contribution in [2.45, 2.75) is 38.6 Å². The van der Waals surface area contributed by atoms with E-state index in [9.17, 15) is 52.7 Å². The molecule has 0 saturated heterocycles. The molecule has 0 radical (unpaired) electrons. The molecule has 0 saturated carbocycles. The summed E-state index contributed by atoms with van der Waals surface area (Å²) >= 11 is 0. The minimum Gasteiger partial charge on any atom is -0.166 e. The van der Waals surface area contributed by atoms with Crippen molar-refractivity contribution in [2.24, 2.45) is 0 Å². The fourth-order valence-electron chi connectivity index (χ4n) is 4.01. The van der Waals surface area contributed by atoms with Gasteiger partial charge in [0.25, 0.3) is 0 Å². The normalized spacial score (nSPS) is 13.1. The Labute approximate surface area is 203 Å². The Kier molecular flexibility index (Phi) is 7.17. The highest BCUT2D eigenvalue weighted by molar-refractivity contribution is 6.95. The van der Waals surface area contributed by atoms with E-state index in [1.54, 1.807) is 0 Å². The molecular weight excluding hydrogens is 527 g/mol. The first-order valence-corrected chi connectivity index (χ1v) is 10.3. The van der Waals surface area contributed by atoms with E-state index >= 15 is 0 Å². The van der Waals surface area contributed by atoms with E-state index in [0.29, 0.717) is 36.4 Å². The Morgan fingerprint density at radius 3 is 0.892 bits per heavy atom. The Bertz CT molecular complexity index is 1200. The highest BCUT2D eigenvalue weighted by Gasteiger charge is 2.40. The molecule has 0 bridgehead atoms. The molecule has 0 nitrogen and oxygen atoms in total. The van der Waals surface area contributed by atoms with Crippen molar-refractivity contribution in [3.05, 3.63) is 88.0 Å². The van der Waals surface area contributed by atoms with Gasteiger partial charge in [-0.2, -0.15) is 52.7 Å². The monoisotopic (exact) mass is 542 g/mol. The topological polar surface area (TPSA) is 0 Å². The van der Waals surface area contributed by atoms with Crippen LogP contribution in [0.5, 0.6) is 0 Å². The van der Waals surface area contributed by atoms with Gasteiger partial charge in [0, 0.05) is 0 Å². The van der Waals surface area contributed by atoms with Gasteiger partial charge in [-0.25, -0.2) is 0 Å². The standard InChI is InChI=1S/C24H15BF12/c1-12-3-14(21(26,27)28)8-18(5-12)25(19-6-13(2)4-15(9-19)22(29,30)31)20-10-16(23(32,33)34)7-17(11-20)24(35,36)37/h3-11H,1-2H3. The van der Waals surface area contributed by atoms with Crippen LogP contribution in [0.15, 0.2) is 54.6 Å². The zero-order valence-corrected chi connectivity index (χ0v) is 18.8. The molecule has 0 aliphatic heterocycles. The minimum absolute atomic E-state index is 0.0541. The predicted octanol–water partition coefficient (Wildman–Crippen LogP) is 6.89. The number of benzene rings is 3. The maximum absolute atomic E-state index is 13.5. The number of hydrogen-bond acceptors (Lipinski definition) is 0. The molecule has 0 aliphatic rings. The molecule has 0 fully saturated rings. The zero-order valence-electron chi connectivity index (χ0n) is 18.8. The van der Waals surface area contributed by atoms with Crippen LogP contribution in [0.25, 0.3) is 0 Å². The van der Waals surface area contributed by atoms with Crippen LogP contribution in [0.3, 0.4) is 0 Å². The summed E-state index contributed by atoms with van der Waals surface area (Å²) in [5.41, 5.74) is -7.79. The molecule has 0 spiro atoms. The molecule has 0 heterocycles. The lowest BCUT2D eigenvalue weighted by Gasteiger charge is -2.22. The van der Waals surface area contributed by atoms with Crippen molar-refractivity contribution in [3.8, 4) is 0 Å². The van der Waals surface area contributed by atoms with Gasteiger partial charge in [-0.05, 0) is 32.0 Å². The number of alkyl halides is 12. The molecule has 13 heteroatoms. The summed E-state index contributed by atoms with van der Waals surface area (Å²) in [6.07, 6.45) is -20.5. The second kappa shape index (κ2) is 9.32. The first kappa shape index (κ1) is 28.5. The summed E-state index contributed by atoms with van der Waals surface area (Å²) < 4.78 is 162. The van der Waals surface area contributed by atoms with Crippen molar-refractivity contribution in [1.82, 2.24) is 0 Å². The van der Waals surface area contributed by atoms with E-state index in [0.717, 1.165) is 12.1 Å². The average molecular weight is 542 g/mol. The van der Waals surface area contributed by atoms with Gasteiger partial charge in [-0.1, -0.05) is 63.9 Å². The van der Waals surface area contributed by atoms with Crippen LogP contribution in [-0.2, 0) is 24.7 Å². The summed E-state index contributed by atoms with van der Waals surface area (Å²) in [5.74, 6) is 0. The lowest BCUT2D eigenvalue weighted by Crippen LogP contribution is -2.53. The van der Waals surface area contributed by atoms with Crippen LogP contribution < -0.4 is 16.4 Å². The molecule has 0 amide bonds. The SMILES string of the molecule is Cc1cc(B(c2cc(C)cc(C(F)(F)F)c2)c2cc(C(F)(F)F)cc(C(F)(F)F)c2)cc(C(F)(F)F)c1. The fraction of sp³-hybridized carbons (Fsp3) is 0.250. The highest BCUT2D eigenvalue weighted by atomic mass is 19.4. The number of hydrogen-bond donors (Lipinski definition) is 0. The Hall–Kier alpha value is -3.12. The number of halogens is 12. The van der Waals surface area contributed by atoms with Crippen LogP contribution in [0.4, 0.5) is 52.7 Å². The van der Waals surface area contributed by atoms with Crippen molar-refractivity contribution in [1.29, 1.82) is 0 Å². The molecule has 3 aromatic rings. The Morgan fingerprint density at radius 1 is 0.378 bits per heavy atom. The molecule has 3 rings (SSSR count). The lowest BCUT2D eigenvalue weighted by molar-refractivity contribution is -0.143. The summed E-state index contributed by atoms with van der Waals surface area (Å²) in [6.45, 7) is 0.589. The number of rotatable bonds is 3. The minimum atomic E-state index is -5.28. The third kappa shape index (κ3) is 6.61. The maximum Gasteiger partial charge on any atom is 0.416 e. The smallest absolute Gasteiger partial charge is 0.166 e. The van der Waals surface area contributed by atoms with E-state index in [4.69, 9.17) is 0 Å². The van der Waals surface area contributed by atoms with E-state index in [2.05, 4.69) is 0 Å². The van der Waals surface area contributed by atoms with Gasteiger partial charge in [-0.15, -0.1) is 0 Å². The predicted molar refractivity (Wildman–Crippen MR) is 113 cm³/mol. The van der Waals surface area contributed by atoms with E-state index in [1.807, 2.05) is 0 Å². The second-order valence-electron chi connectivity index (χ2n) is 8.53. The summed E-state index contributed by atoms with van der Waals surface area (Å²) in [5, 5.41) is 0. The molecule has 198 valence electrons. The Morgan fingerprint density at radius 2 is 0.622 bits per heavy atom. The van der Waals surface area contributed by atoms with Crippen molar-refractivity contribution in [3.63, 3.8) is 0 Å². The van der Waals surface area contributed by atoms with Gasteiger partial charge in [0.2, 0.25) is 6.71 Å². The third-order valence-electron chi connectivity index (χ3n) is 5.46. The molecule has 37 heavy (non-hydrogen) atoms. The van der Waals surface area contributed by atoms with Crippen molar-refractivity contribution in [2.75, 3.05) is 0 Å². The number of aryl methyl sites for hydroxylation is 2. The highest BCUT2D eigenvalue weighted by Crippen LogP contribution is 2.35. The quantitative estimate of drug-likeness (QED) is 0.250. The van der Waals surface area contributed by atoms with E-state index in [-0.39, 0.29) is 17.2 Å². The molecule has 0 atom stereocenters. The lowest BCUT2D eigenvalue weighted by atomic mass is 9.36. The van der Waals surface area contributed by atoms with Crippen molar-refractivity contribution >= 4 is 23.1 Å². The fourth-order valence-corrected chi connectivity index (χ4v) is 4.01. The first-order chi connectivity index (χ1) is 16.7. The molecule has 0 aromatic heterocycles. The average Bonchev–Trinajstić information content (AvgIpc) is 2.70. The maximum atomic E-state index is 13.5. The molecular formula is C24H15BF12. The molecule has 3 aromatic carbocycles. The summed E-state index contributed by atoms with van der Waals surface area (Å²) in [7, 11) is 0. The van der Waals surface area contributed by atoms with Crippen LogP contribution >= 0.6 is 0 Å². The molecule has 0 N–H and O–H groups in total. The van der Waals surface area contributed by atoms with E-state index < -0.39 is 70.1 Å². The van der Waals surface area contributed by atoms with Crippen LogP contribution in [-0.4, -0.2) is 6.71 Å². The first-order valence-electron chi connectivity index (χ1n) is 10.3. The van der Waals surface area contributed by atoms with Gasteiger partial charge in [0.05, 0.1) is 22.3 Å². The third-order valence-corrected chi connectivity index (χ3v) is 5.46. The van der Waals surface area contributed by atoms with Crippen LogP contribution in [0.1, 0.15) is 33.4 Å². The molecule has 0 unspecified atom stereocenters. The van der Waals surface area contributed by atoms with Gasteiger partial charge >= 0.3 is 24.7 Å². The summed E-state index contributed by atoms with van der Waals surface area (Å²) in [6, 6.07) is 4.97. The molecule has 0 aliphatic carbocycles. The largest absolute Gasteiger partial charge is 0.416 e. The van der Waals surface area contributed by atoms with E-state index in [1.165, 1.54) is 13.8 Å².